The molecule has 1 atom stereocenters. The highest BCUT2D eigenvalue weighted by molar-refractivity contribution is 7.65. The Balaban J connectivity index is 3.15. The van der Waals surface area contributed by atoms with Gasteiger partial charge in [0.1, 0.15) is 0 Å². The van der Waals surface area contributed by atoms with Gasteiger partial charge in [0.25, 0.3) is 6.26 Å². The van der Waals surface area contributed by atoms with Crippen molar-refractivity contribution in [1.82, 2.24) is 0 Å². The fourth-order valence-electron chi connectivity index (χ4n) is 1.67. The van der Waals surface area contributed by atoms with Crippen molar-refractivity contribution in [2.45, 2.75) is 18.9 Å². The van der Waals surface area contributed by atoms with Crippen LogP contribution in [0.1, 0.15) is 12.5 Å². The maximum atomic E-state index is 8.65. The molecule has 0 aliphatic rings. The van der Waals surface area contributed by atoms with Gasteiger partial charge in [-0.05, 0) is 29.7 Å². The molecule has 0 amide bonds. The topological polar surface area (TPSA) is 51.5 Å². The van der Waals surface area contributed by atoms with Crippen molar-refractivity contribution < 1.29 is 14.2 Å². The molecule has 20 heavy (non-hydrogen) atoms. The van der Waals surface area contributed by atoms with Gasteiger partial charge in [0, 0.05) is 0 Å². The van der Waals surface area contributed by atoms with Crippen LogP contribution in [-0.4, -0.2) is 20.2 Å². The van der Waals surface area contributed by atoms with Crippen LogP contribution >= 0.6 is 33.2 Å². The Bertz CT molecular complexity index is 489. The molecule has 0 aliphatic heterocycles. The first-order valence-electron chi connectivity index (χ1n) is 5.71. The molecular weight excluding hydrogens is 341 g/mol. The summed E-state index contributed by atoms with van der Waals surface area (Å²) in [6.07, 6.45) is 2.17. The average molecular weight is 355 g/mol. The van der Waals surface area contributed by atoms with Gasteiger partial charge in [-0.3, -0.25) is 0 Å². The first-order chi connectivity index (χ1) is 9.33. The summed E-state index contributed by atoms with van der Waals surface area (Å²) in [5.74, 6) is 1.04. The summed E-state index contributed by atoms with van der Waals surface area (Å²) in [7, 11) is 2.96. The third-order valence-electron chi connectivity index (χ3n) is 2.77. The summed E-state index contributed by atoms with van der Waals surface area (Å²) in [4.78, 5) is 0. The van der Waals surface area contributed by atoms with Gasteiger partial charge in [-0.1, -0.05) is 6.92 Å². The van der Waals surface area contributed by atoms with E-state index in [-0.39, 0.29) is 11.3 Å². The fourth-order valence-corrected chi connectivity index (χ4v) is 2.83. The van der Waals surface area contributed by atoms with Crippen molar-refractivity contribution in [2.24, 2.45) is 0 Å². The first-order valence-corrected chi connectivity index (χ1v) is 10.8. The second-order valence-corrected chi connectivity index (χ2v) is 13.3. The van der Waals surface area contributed by atoms with Gasteiger partial charge in [-0.2, -0.15) is 0 Å². The van der Waals surface area contributed by atoms with Crippen molar-refractivity contribution in [3.8, 4) is 23.5 Å². The van der Waals surface area contributed by atoms with E-state index in [0.29, 0.717) is 17.9 Å². The van der Waals surface area contributed by atoms with E-state index in [4.69, 9.17) is 52.7 Å². The third-order valence-corrected chi connectivity index (χ3v) is 7.44. The van der Waals surface area contributed by atoms with Crippen molar-refractivity contribution in [3.63, 3.8) is 0 Å². The molecule has 110 valence electrons. The monoisotopic (exact) mass is 353 g/mol. The minimum Gasteiger partial charge on any atom is -0.493 e. The molecular formula is C12H14Cl3NO3Si. The predicted octanol–water partition coefficient (Wildman–Crippen LogP) is 4.15. The van der Waals surface area contributed by atoms with E-state index in [2.05, 4.69) is 0 Å². The van der Waals surface area contributed by atoms with Crippen LogP contribution in [-0.2, 0) is 6.42 Å². The number of hydrogen-bond donors (Lipinski definition) is 0. The molecule has 8 heteroatoms. The van der Waals surface area contributed by atoms with E-state index in [0.717, 1.165) is 5.56 Å². The number of nitrogens with zero attached hydrogens (tertiary/aromatic N) is 1. The number of rotatable bonds is 6. The smallest absolute Gasteiger partial charge is 0.344 e. The minimum atomic E-state index is -2.78. The second kappa shape index (κ2) is 7.28. The van der Waals surface area contributed by atoms with E-state index in [1.165, 1.54) is 14.2 Å². The van der Waals surface area contributed by atoms with Crippen LogP contribution < -0.4 is 14.2 Å². The molecule has 1 rings (SSSR count). The molecule has 0 fully saturated rings. The normalized spacial score (nSPS) is 12.4. The van der Waals surface area contributed by atoms with E-state index < -0.39 is 6.00 Å². The Kier molecular flexibility index (Phi) is 6.27. The van der Waals surface area contributed by atoms with Crippen LogP contribution in [0.2, 0.25) is 5.54 Å². The Hall–Kier alpha value is -0.803. The highest BCUT2D eigenvalue weighted by Gasteiger charge is 2.33. The zero-order valence-corrected chi connectivity index (χ0v) is 14.5. The highest BCUT2D eigenvalue weighted by Crippen LogP contribution is 2.41. The maximum Gasteiger partial charge on any atom is 0.344 e. The zero-order chi connectivity index (χ0) is 15.3. The van der Waals surface area contributed by atoms with Crippen LogP contribution in [0, 0.1) is 11.5 Å². The standard InChI is InChI=1S/C12H14Cl3NO3Si/c1-8(20(13,14)15)4-9-5-10(17-2)12(19-7-16)11(6-9)18-3/h5-6,8H,4H2,1-3H3. The number of ether oxygens (including phenoxy) is 3. The molecule has 0 bridgehead atoms. The summed E-state index contributed by atoms with van der Waals surface area (Å²) in [6.45, 7) is 1.89. The lowest BCUT2D eigenvalue weighted by Gasteiger charge is -2.19. The minimum absolute atomic E-state index is 0.0651. The summed E-state index contributed by atoms with van der Waals surface area (Å²) in [5, 5.41) is 8.65. The van der Waals surface area contributed by atoms with Crippen molar-refractivity contribution >= 4 is 39.2 Å². The molecule has 0 saturated heterocycles. The lowest BCUT2D eigenvalue weighted by molar-refractivity contribution is 0.351. The molecule has 0 spiro atoms. The Labute approximate surface area is 133 Å². The lowest BCUT2D eigenvalue weighted by atomic mass is 10.1. The number of methoxy groups -OCH3 is 2. The molecule has 0 N–H and O–H groups in total. The zero-order valence-electron chi connectivity index (χ0n) is 11.2. The summed E-state index contributed by atoms with van der Waals surface area (Å²) in [6, 6.07) is 0.717. The third kappa shape index (κ3) is 4.35. The van der Waals surface area contributed by atoms with Gasteiger partial charge in [0.2, 0.25) is 5.75 Å². The molecule has 0 aliphatic carbocycles. The molecule has 1 aromatic carbocycles. The first kappa shape index (κ1) is 17.2. The molecule has 0 radical (unpaired) electrons. The summed E-state index contributed by atoms with van der Waals surface area (Å²) in [5.41, 5.74) is 0.819. The SMILES string of the molecule is COc1cc(CC(C)[Si](Cl)(Cl)Cl)cc(OC)c1OC#N. The molecule has 1 unspecified atom stereocenters. The van der Waals surface area contributed by atoms with E-state index >= 15 is 0 Å². The number of benzene rings is 1. The quantitative estimate of drug-likeness (QED) is 0.437. The molecule has 0 aromatic heterocycles. The Morgan fingerprint density at radius 1 is 1.20 bits per heavy atom. The van der Waals surface area contributed by atoms with Gasteiger partial charge in [0.05, 0.1) is 14.2 Å². The highest BCUT2D eigenvalue weighted by atomic mass is 35.8. The molecule has 0 saturated carbocycles. The van der Waals surface area contributed by atoms with E-state index in [1.54, 1.807) is 18.4 Å². The molecule has 1 aromatic rings. The van der Waals surface area contributed by atoms with Gasteiger partial charge in [-0.15, -0.1) is 38.5 Å². The number of halogens is 3. The van der Waals surface area contributed by atoms with E-state index in [1.807, 2.05) is 6.92 Å². The fraction of sp³-hybridized carbons (Fsp3) is 0.417. The second-order valence-electron chi connectivity index (χ2n) is 4.17. The van der Waals surface area contributed by atoms with Gasteiger partial charge in [0.15, 0.2) is 11.5 Å². The number of nitriles is 1. The number of hydrogen-bond acceptors (Lipinski definition) is 4. The van der Waals surface area contributed by atoms with Crippen LogP contribution in [0.25, 0.3) is 0 Å². The largest absolute Gasteiger partial charge is 0.493 e. The van der Waals surface area contributed by atoms with Gasteiger partial charge in [-0.25, -0.2) is 0 Å². The van der Waals surface area contributed by atoms with E-state index in [9.17, 15) is 0 Å². The van der Waals surface area contributed by atoms with Crippen LogP contribution in [0.4, 0.5) is 0 Å². The van der Waals surface area contributed by atoms with Crippen molar-refractivity contribution in [1.29, 1.82) is 5.26 Å². The maximum absolute atomic E-state index is 8.65. The summed E-state index contributed by atoms with van der Waals surface area (Å²) >= 11 is 18.0. The van der Waals surface area contributed by atoms with Crippen molar-refractivity contribution in [2.75, 3.05) is 14.2 Å². The molecule has 0 heterocycles. The Morgan fingerprint density at radius 2 is 1.70 bits per heavy atom. The van der Waals surface area contributed by atoms with Gasteiger partial charge >= 0.3 is 6.00 Å². The van der Waals surface area contributed by atoms with Crippen LogP contribution in [0.15, 0.2) is 12.1 Å². The lowest BCUT2D eigenvalue weighted by Crippen LogP contribution is -2.19. The van der Waals surface area contributed by atoms with Gasteiger partial charge < -0.3 is 14.2 Å². The Morgan fingerprint density at radius 3 is 2.05 bits per heavy atom. The van der Waals surface area contributed by atoms with Crippen molar-refractivity contribution in [3.05, 3.63) is 17.7 Å². The average Bonchev–Trinajstić information content (AvgIpc) is 2.38. The summed E-state index contributed by atoms with van der Waals surface area (Å²) < 4.78 is 15.3. The van der Waals surface area contributed by atoms with Crippen LogP contribution in [0.5, 0.6) is 17.2 Å². The predicted molar refractivity (Wildman–Crippen MR) is 82.2 cm³/mol. The molecule has 4 nitrogen and oxygen atoms in total. The van der Waals surface area contributed by atoms with Crippen LogP contribution in [0.3, 0.4) is 0 Å².